The van der Waals surface area contributed by atoms with E-state index in [1.807, 2.05) is 42.5 Å². The number of hydrogen-bond donors (Lipinski definition) is 2. The fraction of sp³-hybridized carbons (Fsp3) is 0.250. The summed E-state index contributed by atoms with van der Waals surface area (Å²) in [6, 6.07) is 12.8. The summed E-state index contributed by atoms with van der Waals surface area (Å²) in [7, 11) is 1.59. The van der Waals surface area contributed by atoms with Crippen LogP contribution in [0.5, 0.6) is 5.75 Å². The summed E-state index contributed by atoms with van der Waals surface area (Å²) in [4.78, 5) is 26.7. The molecule has 0 saturated carbocycles. The second kappa shape index (κ2) is 6.75. The predicted molar refractivity (Wildman–Crippen MR) is 101 cm³/mol. The second-order valence-electron chi connectivity index (χ2n) is 6.61. The molecule has 0 saturated heterocycles. The van der Waals surface area contributed by atoms with Crippen LogP contribution in [0, 0.1) is 0 Å². The molecule has 0 fully saturated rings. The van der Waals surface area contributed by atoms with Crippen molar-refractivity contribution in [2.75, 3.05) is 12.4 Å². The van der Waals surface area contributed by atoms with Gasteiger partial charge in [-0.15, -0.1) is 0 Å². The number of ether oxygens (including phenoxy) is 1. The molecule has 0 aliphatic carbocycles. The van der Waals surface area contributed by atoms with Gasteiger partial charge in [0.15, 0.2) is 5.82 Å². The first-order valence-electron chi connectivity index (χ1n) is 8.74. The number of rotatable bonds is 3. The SMILES string of the molecule is COc1ccc2c(NC(=O)C3Cc4ccccc4CN3C(C)=O)n[nH]c2c1. The Kier molecular flexibility index (Phi) is 4.27. The Bertz CT molecular complexity index is 1030. The standard InChI is InChI=1S/C20H20N4O3/c1-12(25)24-11-14-6-4-3-5-13(14)9-18(24)20(26)21-19-16-8-7-15(27-2)10-17(16)22-23-19/h3-8,10,18H,9,11H2,1-2H3,(H2,21,22,23,26). The summed E-state index contributed by atoms with van der Waals surface area (Å²) in [5.41, 5.74) is 2.93. The molecule has 3 aromatic rings. The van der Waals surface area contributed by atoms with Crippen molar-refractivity contribution in [3.63, 3.8) is 0 Å². The maximum absolute atomic E-state index is 13.0. The molecule has 1 atom stereocenters. The molecule has 4 rings (SSSR count). The molecule has 2 N–H and O–H groups in total. The van der Waals surface area contributed by atoms with Crippen molar-refractivity contribution in [2.45, 2.75) is 25.9 Å². The Labute approximate surface area is 156 Å². The van der Waals surface area contributed by atoms with E-state index in [1.54, 1.807) is 12.0 Å². The van der Waals surface area contributed by atoms with E-state index >= 15 is 0 Å². The molecule has 27 heavy (non-hydrogen) atoms. The van der Waals surface area contributed by atoms with Crippen molar-refractivity contribution in [3.05, 3.63) is 53.6 Å². The number of benzene rings is 2. The van der Waals surface area contributed by atoms with Crippen molar-refractivity contribution in [1.82, 2.24) is 15.1 Å². The number of amides is 2. The monoisotopic (exact) mass is 364 g/mol. The zero-order valence-electron chi connectivity index (χ0n) is 15.2. The van der Waals surface area contributed by atoms with E-state index in [9.17, 15) is 9.59 Å². The molecular weight excluding hydrogens is 344 g/mol. The van der Waals surface area contributed by atoms with Crippen LogP contribution in [-0.2, 0) is 22.6 Å². The molecule has 1 aliphatic heterocycles. The Morgan fingerprint density at radius 3 is 2.74 bits per heavy atom. The van der Waals surface area contributed by atoms with E-state index in [0.29, 0.717) is 24.5 Å². The van der Waals surface area contributed by atoms with Gasteiger partial charge in [0, 0.05) is 31.3 Å². The molecule has 0 radical (unpaired) electrons. The first kappa shape index (κ1) is 17.1. The Morgan fingerprint density at radius 1 is 1.22 bits per heavy atom. The van der Waals surface area contributed by atoms with Gasteiger partial charge >= 0.3 is 0 Å². The van der Waals surface area contributed by atoms with Crippen molar-refractivity contribution < 1.29 is 14.3 Å². The van der Waals surface area contributed by atoms with Crippen LogP contribution in [0.15, 0.2) is 42.5 Å². The fourth-order valence-electron chi connectivity index (χ4n) is 3.51. The van der Waals surface area contributed by atoms with Crippen LogP contribution in [0.4, 0.5) is 5.82 Å². The minimum absolute atomic E-state index is 0.124. The summed E-state index contributed by atoms with van der Waals surface area (Å²) in [6.45, 7) is 1.92. The van der Waals surface area contributed by atoms with Crippen LogP contribution in [0.25, 0.3) is 10.9 Å². The van der Waals surface area contributed by atoms with Gasteiger partial charge in [-0.2, -0.15) is 5.10 Å². The number of fused-ring (bicyclic) bond motifs is 2. The lowest BCUT2D eigenvalue weighted by atomic mass is 9.93. The number of aromatic amines is 1. The number of nitrogens with zero attached hydrogens (tertiary/aromatic N) is 2. The number of carbonyl (C=O) groups is 2. The van der Waals surface area contributed by atoms with Gasteiger partial charge in [0.25, 0.3) is 0 Å². The summed E-state index contributed by atoms with van der Waals surface area (Å²) in [5, 5.41) is 10.8. The maximum atomic E-state index is 13.0. The van der Waals surface area contributed by atoms with Gasteiger partial charge in [0.1, 0.15) is 11.8 Å². The van der Waals surface area contributed by atoms with E-state index in [-0.39, 0.29) is 11.8 Å². The molecule has 2 amide bonds. The van der Waals surface area contributed by atoms with Crippen LogP contribution in [-0.4, -0.2) is 40.1 Å². The molecule has 1 aromatic heterocycles. The predicted octanol–water partition coefficient (Wildman–Crippen LogP) is 2.48. The highest BCUT2D eigenvalue weighted by Gasteiger charge is 2.33. The van der Waals surface area contributed by atoms with Crippen LogP contribution in [0.2, 0.25) is 0 Å². The van der Waals surface area contributed by atoms with E-state index in [2.05, 4.69) is 15.5 Å². The quantitative estimate of drug-likeness (QED) is 0.747. The Morgan fingerprint density at radius 2 is 2.00 bits per heavy atom. The Hall–Kier alpha value is -3.35. The lowest BCUT2D eigenvalue weighted by molar-refractivity contribution is -0.138. The van der Waals surface area contributed by atoms with Gasteiger partial charge in [0.05, 0.1) is 12.6 Å². The highest BCUT2D eigenvalue weighted by Crippen LogP contribution is 2.27. The molecule has 138 valence electrons. The van der Waals surface area contributed by atoms with Crippen molar-refractivity contribution in [3.8, 4) is 5.75 Å². The Balaban J connectivity index is 1.61. The van der Waals surface area contributed by atoms with Crippen molar-refractivity contribution >= 4 is 28.5 Å². The van der Waals surface area contributed by atoms with Crippen LogP contribution < -0.4 is 10.1 Å². The van der Waals surface area contributed by atoms with E-state index in [4.69, 9.17) is 4.74 Å². The van der Waals surface area contributed by atoms with Gasteiger partial charge in [0.2, 0.25) is 11.8 Å². The number of hydrogen-bond acceptors (Lipinski definition) is 4. The maximum Gasteiger partial charge on any atom is 0.248 e. The highest BCUT2D eigenvalue weighted by molar-refractivity contribution is 6.03. The van der Waals surface area contributed by atoms with Gasteiger partial charge < -0.3 is 15.0 Å². The molecule has 1 unspecified atom stereocenters. The minimum atomic E-state index is -0.567. The average Bonchev–Trinajstić information content (AvgIpc) is 3.08. The second-order valence-corrected chi connectivity index (χ2v) is 6.61. The number of H-pyrrole nitrogens is 1. The minimum Gasteiger partial charge on any atom is -0.497 e. The molecule has 0 spiro atoms. The third-order valence-electron chi connectivity index (χ3n) is 4.97. The summed E-state index contributed by atoms with van der Waals surface area (Å²) in [6.07, 6.45) is 0.484. The molecule has 2 heterocycles. The van der Waals surface area contributed by atoms with Crippen LogP contribution >= 0.6 is 0 Å². The van der Waals surface area contributed by atoms with Gasteiger partial charge in [-0.25, -0.2) is 0 Å². The molecule has 1 aliphatic rings. The first-order chi connectivity index (χ1) is 13.1. The zero-order valence-corrected chi connectivity index (χ0v) is 15.2. The van der Waals surface area contributed by atoms with Gasteiger partial charge in [-0.3, -0.25) is 14.7 Å². The van der Waals surface area contributed by atoms with Crippen LogP contribution in [0.3, 0.4) is 0 Å². The first-order valence-corrected chi connectivity index (χ1v) is 8.74. The topological polar surface area (TPSA) is 87.3 Å². The summed E-state index contributed by atoms with van der Waals surface area (Å²) < 4.78 is 5.20. The number of aromatic nitrogens is 2. The highest BCUT2D eigenvalue weighted by atomic mass is 16.5. The lowest BCUT2D eigenvalue weighted by Crippen LogP contribution is -2.50. The molecular formula is C20H20N4O3. The fourth-order valence-corrected chi connectivity index (χ4v) is 3.51. The van der Waals surface area contributed by atoms with Gasteiger partial charge in [-0.05, 0) is 23.3 Å². The number of methoxy groups -OCH3 is 1. The third kappa shape index (κ3) is 3.12. The van der Waals surface area contributed by atoms with Crippen LogP contribution in [0.1, 0.15) is 18.1 Å². The van der Waals surface area contributed by atoms with Crippen molar-refractivity contribution in [1.29, 1.82) is 0 Å². The van der Waals surface area contributed by atoms with Crippen molar-refractivity contribution in [2.24, 2.45) is 0 Å². The lowest BCUT2D eigenvalue weighted by Gasteiger charge is -2.35. The normalized spacial score (nSPS) is 16.1. The van der Waals surface area contributed by atoms with E-state index in [0.717, 1.165) is 22.0 Å². The smallest absolute Gasteiger partial charge is 0.248 e. The molecule has 7 nitrogen and oxygen atoms in total. The molecule has 2 aromatic carbocycles. The summed E-state index contributed by atoms with van der Waals surface area (Å²) in [5.74, 6) is 0.779. The number of anilines is 1. The largest absolute Gasteiger partial charge is 0.497 e. The molecule has 0 bridgehead atoms. The number of nitrogens with one attached hydrogen (secondary N) is 2. The third-order valence-corrected chi connectivity index (χ3v) is 4.97. The molecule has 7 heteroatoms. The van der Waals surface area contributed by atoms with Gasteiger partial charge in [-0.1, -0.05) is 24.3 Å². The average molecular weight is 364 g/mol. The zero-order chi connectivity index (χ0) is 19.0. The van der Waals surface area contributed by atoms with E-state index in [1.165, 1.54) is 6.92 Å². The number of carbonyl (C=O) groups excluding carboxylic acids is 2. The van der Waals surface area contributed by atoms with E-state index < -0.39 is 6.04 Å². The summed E-state index contributed by atoms with van der Waals surface area (Å²) >= 11 is 0.